The molecule has 0 aliphatic carbocycles. The van der Waals surface area contributed by atoms with Gasteiger partial charge in [0.2, 0.25) is 0 Å². The Labute approximate surface area is 159 Å². The lowest BCUT2D eigenvalue weighted by Crippen LogP contribution is -2.43. The molecule has 0 aliphatic rings. The molecule has 5 nitrogen and oxygen atoms in total. The maximum atomic E-state index is 14.0. The number of ether oxygens (including phenoxy) is 2. The summed E-state index contributed by atoms with van der Waals surface area (Å²) < 4.78 is 24.5. The number of hydrogen-bond donors (Lipinski definition) is 2. The second-order valence-corrected chi connectivity index (χ2v) is 6.91. The molecule has 0 saturated carbocycles. The molecule has 27 heavy (non-hydrogen) atoms. The van der Waals surface area contributed by atoms with Gasteiger partial charge >= 0.3 is 6.03 Å². The van der Waals surface area contributed by atoms with Crippen molar-refractivity contribution in [2.24, 2.45) is 0 Å². The van der Waals surface area contributed by atoms with Crippen LogP contribution in [0.5, 0.6) is 11.5 Å². The number of carbonyl (C=O) groups is 1. The van der Waals surface area contributed by atoms with Gasteiger partial charge in [-0.1, -0.05) is 38.1 Å². The van der Waals surface area contributed by atoms with Crippen molar-refractivity contribution in [1.82, 2.24) is 10.6 Å². The van der Waals surface area contributed by atoms with Crippen LogP contribution in [0, 0.1) is 5.82 Å². The molecule has 0 saturated heterocycles. The van der Waals surface area contributed by atoms with Crippen LogP contribution in [-0.4, -0.2) is 33.3 Å². The van der Waals surface area contributed by atoms with Crippen LogP contribution in [0.3, 0.4) is 0 Å². The summed E-state index contributed by atoms with van der Waals surface area (Å²) in [6.45, 7) is 4.60. The third-order valence-corrected chi connectivity index (χ3v) is 4.44. The number of benzene rings is 2. The number of methoxy groups -OCH3 is 2. The molecule has 0 atom stereocenters. The number of urea groups is 1. The second-order valence-electron chi connectivity index (χ2n) is 6.91. The monoisotopic (exact) mass is 374 g/mol. The molecule has 6 heteroatoms. The minimum atomic E-state index is -0.508. The summed E-state index contributed by atoms with van der Waals surface area (Å²) in [4.78, 5) is 12.1. The Morgan fingerprint density at radius 1 is 1.04 bits per heavy atom. The van der Waals surface area contributed by atoms with Crippen molar-refractivity contribution < 1.29 is 18.7 Å². The van der Waals surface area contributed by atoms with Crippen molar-refractivity contribution in [2.45, 2.75) is 25.7 Å². The third kappa shape index (κ3) is 5.61. The SMILES string of the molecule is COc1ccc(CCNC(=O)NCC(C)(C)c2ccccc2F)cc1OC. The molecular weight excluding hydrogens is 347 g/mol. The van der Waals surface area contributed by atoms with Crippen molar-refractivity contribution in [3.8, 4) is 11.5 Å². The van der Waals surface area contributed by atoms with Crippen molar-refractivity contribution in [3.63, 3.8) is 0 Å². The van der Waals surface area contributed by atoms with E-state index in [2.05, 4.69) is 10.6 Å². The maximum absolute atomic E-state index is 14.0. The maximum Gasteiger partial charge on any atom is 0.314 e. The highest BCUT2D eigenvalue weighted by Crippen LogP contribution is 2.27. The average molecular weight is 374 g/mol. The van der Waals surface area contributed by atoms with Gasteiger partial charge in [-0.25, -0.2) is 9.18 Å². The van der Waals surface area contributed by atoms with E-state index in [1.54, 1.807) is 32.4 Å². The molecule has 2 aromatic carbocycles. The number of halogens is 1. The van der Waals surface area contributed by atoms with Gasteiger partial charge in [0.1, 0.15) is 5.82 Å². The van der Waals surface area contributed by atoms with E-state index in [4.69, 9.17) is 9.47 Å². The van der Waals surface area contributed by atoms with Gasteiger partial charge in [-0.2, -0.15) is 0 Å². The molecule has 0 unspecified atom stereocenters. The van der Waals surface area contributed by atoms with E-state index >= 15 is 0 Å². The molecule has 2 amide bonds. The van der Waals surface area contributed by atoms with Gasteiger partial charge in [0.15, 0.2) is 11.5 Å². The third-order valence-electron chi connectivity index (χ3n) is 4.44. The number of nitrogens with one attached hydrogen (secondary N) is 2. The van der Waals surface area contributed by atoms with Crippen LogP contribution < -0.4 is 20.1 Å². The first kappa shape index (κ1) is 20.6. The van der Waals surface area contributed by atoms with Crippen LogP contribution in [0.2, 0.25) is 0 Å². The first-order chi connectivity index (χ1) is 12.9. The Balaban J connectivity index is 1.82. The van der Waals surface area contributed by atoms with E-state index in [0.29, 0.717) is 36.6 Å². The first-order valence-corrected chi connectivity index (χ1v) is 8.85. The van der Waals surface area contributed by atoms with Crippen LogP contribution in [0.15, 0.2) is 42.5 Å². The van der Waals surface area contributed by atoms with Gasteiger partial charge in [0.05, 0.1) is 14.2 Å². The fourth-order valence-corrected chi connectivity index (χ4v) is 2.83. The predicted molar refractivity (Wildman–Crippen MR) is 104 cm³/mol. The largest absolute Gasteiger partial charge is 0.493 e. The summed E-state index contributed by atoms with van der Waals surface area (Å²) in [5.41, 5.74) is 1.10. The molecule has 0 aromatic heterocycles. The molecule has 2 N–H and O–H groups in total. The van der Waals surface area contributed by atoms with Gasteiger partial charge < -0.3 is 20.1 Å². The van der Waals surface area contributed by atoms with Crippen molar-refractivity contribution >= 4 is 6.03 Å². The molecule has 0 heterocycles. The van der Waals surface area contributed by atoms with E-state index < -0.39 is 5.41 Å². The van der Waals surface area contributed by atoms with E-state index in [0.717, 1.165) is 5.56 Å². The van der Waals surface area contributed by atoms with Crippen LogP contribution in [0.4, 0.5) is 9.18 Å². The van der Waals surface area contributed by atoms with E-state index in [1.165, 1.54) is 6.07 Å². The van der Waals surface area contributed by atoms with Crippen molar-refractivity contribution in [2.75, 3.05) is 27.3 Å². The Morgan fingerprint density at radius 3 is 2.41 bits per heavy atom. The molecule has 0 spiro atoms. The zero-order chi connectivity index (χ0) is 19.9. The Bertz CT molecular complexity index is 778. The Morgan fingerprint density at radius 2 is 1.74 bits per heavy atom. The van der Waals surface area contributed by atoms with Gasteiger partial charge in [-0.3, -0.25) is 0 Å². The normalized spacial score (nSPS) is 11.0. The van der Waals surface area contributed by atoms with Crippen molar-refractivity contribution in [3.05, 3.63) is 59.4 Å². The number of amides is 2. The van der Waals surface area contributed by atoms with Gasteiger partial charge in [0.25, 0.3) is 0 Å². The quantitative estimate of drug-likeness (QED) is 0.741. The lowest BCUT2D eigenvalue weighted by Gasteiger charge is -2.26. The zero-order valence-electron chi connectivity index (χ0n) is 16.3. The van der Waals surface area contributed by atoms with Gasteiger partial charge in [-0.05, 0) is 35.7 Å². The molecule has 0 fully saturated rings. The highest BCUT2D eigenvalue weighted by molar-refractivity contribution is 5.74. The summed E-state index contributed by atoms with van der Waals surface area (Å²) in [6.07, 6.45) is 0.657. The number of rotatable bonds is 8. The highest BCUT2D eigenvalue weighted by Gasteiger charge is 2.24. The Kier molecular flexibility index (Phi) is 7.05. The summed E-state index contributed by atoms with van der Waals surface area (Å²) >= 11 is 0. The van der Waals surface area contributed by atoms with E-state index in [1.807, 2.05) is 32.0 Å². The zero-order valence-corrected chi connectivity index (χ0v) is 16.3. The molecule has 146 valence electrons. The Hall–Kier alpha value is -2.76. The molecule has 0 aliphatic heterocycles. The topological polar surface area (TPSA) is 59.6 Å². The summed E-state index contributed by atoms with van der Waals surface area (Å²) in [6, 6.07) is 12.0. The summed E-state index contributed by atoms with van der Waals surface area (Å²) in [7, 11) is 3.18. The minimum absolute atomic E-state index is 0.266. The molecule has 0 radical (unpaired) electrons. The summed E-state index contributed by atoms with van der Waals surface area (Å²) in [5.74, 6) is 1.06. The van der Waals surface area contributed by atoms with Gasteiger partial charge in [-0.15, -0.1) is 0 Å². The number of carbonyl (C=O) groups excluding carboxylic acids is 1. The second kappa shape index (κ2) is 9.26. The van der Waals surface area contributed by atoms with Crippen LogP contribution >= 0.6 is 0 Å². The minimum Gasteiger partial charge on any atom is -0.493 e. The van der Waals surface area contributed by atoms with Crippen LogP contribution in [-0.2, 0) is 11.8 Å². The fraction of sp³-hybridized carbons (Fsp3) is 0.381. The van der Waals surface area contributed by atoms with E-state index in [9.17, 15) is 9.18 Å². The van der Waals surface area contributed by atoms with Crippen LogP contribution in [0.1, 0.15) is 25.0 Å². The molecule has 0 bridgehead atoms. The first-order valence-electron chi connectivity index (χ1n) is 8.85. The molecule has 2 rings (SSSR count). The highest BCUT2D eigenvalue weighted by atomic mass is 19.1. The van der Waals surface area contributed by atoms with E-state index in [-0.39, 0.29) is 11.8 Å². The van der Waals surface area contributed by atoms with Crippen molar-refractivity contribution in [1.29, 1.82) is 0 Å². The number of hydrogen-bond acceptors (Lipinski definition) is 3. The molecular formula is C21H27FN2O3. The molecule has 2 aromatic rings. The summed E-state index contributed by atoms with van der Waals surface area (Å²) in [5, 5.41) is 5.63. The lowest BCUT2D eigenvalue weighted by molar-refractivity contribution is 0.238. The lowest BCUT2D eigenvalue weighted by atomic mass is 9.84. The average Bonchev–Trinajstić information content (AvgIpc) is 2.66. The van der Waals surface area contributed by atoms with Gasteiger partial charge in [0, 0.05) is 18.5 Å². The standard InChI is InChI=1S/C21H27FN2O3/c1-21(2,16-7-5-6-8-17(16)22)14-24-20(25)23-12-11-15-9-10-18(26-3)19(13-15)27-4/h5-10,13H,11-12,14H2,1-4H3,(H2,23,24,25). The predicted octanol–water partition coefficient (Wildman–Crippen LogP) is 3.66. The van der Waals surface area contributed by atoms with Crippen LogP contribution in [0.25, 0.3) is 0 Å². The fourth-order valence-electron chi connectivity index (χ4n) is 2.83. The smallest absolute Gasteiger partial charge is 0.314 e.